The summed E-state index contributed by atoms with van der Waals surface area (Å²) in [6.45, 7) is 0. The maximum atomic E-state index is 11.9. The molecule has 0 unspecified atom stereocenters. The lowest BCUT2D eigenvalue weighted by molar-refractivity contribution is -0.311. The highest BCUT2D eigenvalue weighted by molar-refractivity contribution is 7.22. The van der Waals surface area contributed by atoms with Gasteiger partial charge in [0.05, 0.1) is 10.2 Å². The zero-order chi connectivity index (χ0) is 13.2. The van der Waals surface area contributed by atoms with E-state index in [1.165, 1.54) is 0 Å². The van der Waals surface area contributed by atoms with Gasteiger partial charge in [0, 0.05) is 6.42 Å². The van der Waals surface area contributed by atoms with Crippen LogP contribution in [-0.2, 0) is 11.3 Å². The lowest BCUT2D eigenvalue weighted by Gasteiger charge is -2.05. The number of para-hydroxylation sites is 1. The zero-order valence-electron chi connectivity index (χ0n) is 8.91. The standard InChI is InChI=1S/C11H7F3N2OS/c1-2-4-7-5-3-6-8-9(7)15-10(18-8)16-17-11(12,13)14/h1,3,5-6H,4H2,(H,15,16). The van der Waals surface area contributed by atoms with Gasteiger partial charge in [-0.05, 0) is 11.6 Å². The van der Waals surface area contributed by atoms with Crippen LogP contribution in [0.25, 0.3) is 10.2 Å². The largest absolute Gasteiger partial charge is 0.543 e. The number of hydrogen-bond donors (Lipinski definition) is 1. The van der Waals surface area contributed by atoms with Gasteiger partial charge in [-0.2, -0.15) is 4.84 Å². The summed E-state index contributed by atoms with van der Waals surface area (Å²) in [5.41, 5.74) is 3.16. The number of rotatable bonds is 3. The first-order valence-electron chi connectivity index (χ1n) is 4.82. The topological polar surface area (TPSA) is 34.1 Å². The van der Waals surface area contributed by atoms with Crippen molar-refractivity contribution < 1.29 is 18.0 Å². The Balaban J connectivity index is 2.27. The normalized spacial score (nSPS) is 11.4. The molecular weight excluding hydrogens is 265 g/mol. The van der Waals surface area contributed by atoms with Crippen LogP contribution in [0, 0.1) is 12.3 Å². The monoisotopic (exact) mass is 272 g/mol. The molecule has 7 heteroatoms. The first kappa shape index (κ1) is 12.7. The molecule has 0 atom stereocenters. The van der Waals surface area contributed by atoms with E-state index in [9.17, 15) is 13.2 Å². The second-order valence-corrected chi connectivity index (χ2v) is 4.34. The van der Waals surface area contributed by atoms with E-state index in [1.807, 2.05) is 0 Å². The minimum Gasteiger partial charge on any atom is -0.232 e. The van der Waals surface area contributed by atoms with E-state index in [1.54, 1.807) is 23.7 Å². The highest BCUT2D eigenvalue weighted by atomic mass is 32.1. The predicted molar refractivity (Wildman–Crippen MR) is 62.9 cm³/mol. The number of halogens is 3. The molecule has 0 saturated heterocycles. The van der Waals surface area contributed by atoms with Gasteiger partial charge in [-0.15, -0.1) is 25.5 Å². The fraction of sp³-hybridized carbons (Fsp3) is 0.182. The molecule has 0 fully saturated rings. The Morgan fingerprint density at radius 3 is 2.89 bits per heavy atom. The lowest BCUT2D eigenvalue weighted by atomic mass is 10.1. The Morgan fingerprint density at radius 1 is 1.44 bits per heavy atom. The second kappa shape index (κ2) is 4.84. The van der Waals surface area contributed by atoms with Crippen molar-refractivity contribution in [2.75, 3.05) is 5.48 Å². The van der Waals surface area contributed by atoms with Crippen LogP contribution in [0.15, 0.2) is 18.2 Å². The molecule has 94 valence electrons. The van der Waals surface area contributed by atoms with Gasteiger partial charge in [-0.3, -0.25) is 0 Å². The molecule has 0 amide bonds. The molecule has 1 N–H and O–H groups in total. The Bertz CT molecular complexity index is 600. The fourth-order valence-corrected chi connectivity index (χ4v) is 2.25. The van der Waals surface area contributed by atoms with E-state index < -0.39 is 6.36 Å². The van der Waals surface area contributed by atoms with E-state index in [-0.39, 0.29) is 5.13 Å². The second-order valence-electron chi connectivity index (χ2n) is 3.31. The molecule has 0 aliphatic rings. The molecule has 1 aromatic heterocycles. The molecule has 1 aromatic carbocycles. The number of alkyl halides is 3. The van der Waals surface area contributed by atoms with Crippen LogP contribution in [-0.4, -0.2) is 11.3 Å². The highest BCUT2D eigenvalue weighted by Crippen LogP contribution is 2.29. The van der Waals surface area contributed by atoms with Gasteiger partial charge in [0.2, 0.25) is 5.13 Å². The summed E-state index contributed by atoms with van der Waals surface area (Å²) in [7, 11) is 0. The van der Waals surface area contributed by atoms with Gasteiger partial charge in [-0.1, -0.05) is 23.5 Å². The first-order valence-corrected chi connectivity index (χ1v) is 5.64. The SMILES string of the molecule is C#CCc1cccc2sc(NOC(F)(F)F)nc12. The van der Waals surface area contributed by atoms with Gasteiger partial charge < -0.3 is 0 Å². The van der Waals surface area contributed by atoms with Gasteiger partial charge in [0.25, 0.3) is 0 Å². The van der Waals surface area contributed by atoms with Crippen molar-refractivity contribution >= 4 is 26.7 Å². The van der Waals surface area contributed by atoms with E-state index in [0.717, 1.165) is 21.6 Å². The maximum Gasteiger partial charge on any atom is 0.543 e. The van der Waals surface area contributed by atoms with Crippen molar-refractivity contribution in [2.45, 2.75) is 12.8 Å². The molecule has 3 nitrogen and oxygen atoms in total. The van der Waals surface area contributed by atoms with Crippen molar-refractivity contribution in [2.24, 2.45) is 0 Å². The predicted octanol–water partition coefficient (Wildman–Crippen LogP) is 3.34. The molecule has 0 saturated carbocycles. The number of thiazole rings is 1. The van der Waals surface area contributed by atoms with Gasteiger partial charge in [0.15, 0.2) is 0 Å². The van der Waals surface area contributed by atoms with Gasteiger partial charge in [0.1, 0.15) is 0 Å². The smallest absolute Gasteiger partial charge is 0.232 e. The van der Waals surface area contributed by atoms with Crippen LogP contribution in [0.4, 0.5) is 18.3 Å². The Labute approximate surface area is 105 Å². The number of nitrogens with one attached hydrogen (secondary N) is 1. The average molecular weight is 272 g/mol. The number of nitrogens with zero attached hydrogens (tertiary/aromatic N) is 1. The number of benzene rings is 1. The van der Waals surface area contributed by atoms with Crippen LogP contribution < -0.4 is 5.48 Å². The Kier molecular flexibility index (Phi) is 3.41. The third kappa shape index (κ3) is 2.91. The molecular formula is C11H7F3N2OS. The van der Waals surface area contributed by atoms with Gasteiger partial charge >= 0.3 is 6.36 Å². The molecule has 0 aliphatic heterocycles. The van der Waals surface area contributed by atoms with Crippen LogP contribution in [0.3, 0.4) is 0 Å². The number of hydrogen-bond acceptors (Lipinski definition) is 4. The molecule has 0 radical (unpaired) electrons. The van der Waals surface area contributed by atoms with Crippen molar-refractivity contribution in [3.63, 3.8) is 0 Å². The lowest BCUT2D eigenvalue weighted by Crippen LogP contribution is -2.17. The van der Waals surface area contributed by atoms with Crippen molar-refractivity contribution in [3.8, 4) is 12.3 Å². The third-order valence-electron chi connectivity index (χ3n) is 2.05. The van der Waals surface area contributed by atoms with E-state index in [2.05, 4.69) is 15.7 Å². The summed E-state index contributed by atoms with van der Waals surface area (Å²) in [4.78, 5) is 7.52. The molecule has 18 heavy (non-hydrogen) atoms. The van der Waals surface area contributed by atoms with Crippen molar-refractivity contribution in [1.82, 2.24) is 4.98 Å². The van der Waals surface area contributed by atoms with Crippen LogP contribution in [0.1, 0.15) is 5.56 Å². The minimum absolute atomic E-state index is 0.0341. The molecule has 2 aromatic rings. The quantitative estimate of drug-likeness (QED) is 0.687. The van der Waals surface area contributed by atoms with Crippen molar-refractivity contribution in [1.29, 1.82) is 0 Å². The van der Waals surface area contributed by atoms with Crippen molar-refractivity contribution in [3.05, 3.63) is 23.8 Å². The number of aromatic nitrogens is 1. The third-order valence-corrected chi connectivity index (χ3v) is 2.97. The summed E-state index contributed by atoms with van der Waals surface area (Å²) in [6.07, 6.45) is 0.836. The zero-order valence-corrected chi connectivity index (χ0v) is 9.73. The van der Waals surface area contributed by atoms with Crippen LogP contribution in [0.5, 0.6) is 0 Å². The summed E-state index contributed by atoms with van der Waals surface area (Å²) in [5.74, 6) is 2.47. The summed E-state index contributed by atoms with van der Waals surface area (Å²) in [6, 6.07) is 5.32. The van der Waals surface area contributed by atoms with E-state index in [0.29, 0.717) is 11.9 Å². The van der Waals surface area contributed by atoms with Crippen LogP contribution in [0.2, 0.25) is 0 Å². The number of fused-ring (bicyclic) bond motifs is 1. The molecule has 1 heterocycles. The Hall–Kier alpha value is -1.78. The molecule has 0 bridgehead atoms. The number of anilines is 1. The summed E-state index contributed by atoms with van der Waals surface area (Å²) >= 11 is 1.06. The fourth-order valence-electron chi connectivity index (χ4n) is 1.40. The molecule has 2 rings (SSSR count). The van der Waals surface area contributed by atoms with E-state index >= 15 is 0 Å². The van der Waals surface area contributed by atoms with Gasteiger partial charge in [-0.25, -0.2) is 10.5 Å². The summed E-state index contributed by atoms with van der Waals surface area (Å²) < 4.78 is 36.3. The summed E-state index contributed by atoms with van der Waals surface area (Å²) in [5, 5.41) is 0.0341. The molecule has 0 aliphatic carbocycles. The minimum atomic E-state index is -4.75. The maximum absolute atomic E-state index is 11.9. The highest BCUT2D eigenvalue weighted by Gasteiger charge is 2.30. The number of terminal acetylenes is 1. The molecule has 0 spiro atoms. The van der Waals surface area contributed by atoms with E-state index in [4.69, 9.17) is 6.42 Å². The van der Waals surface area contributed by atoms with Crippen LogP contribution >= 0.6 is 11.3 Å². The first-order chi connectivity index (χ1) is 8.49. The Morgan fingerprint density at radius 2 is 2.22 bits per heavy atom. The average Bonchev–Trinajstić information content (AvgIpc) is 2.70.